The van der Waals surface area contributed by atoms with Gasteiger partial charge in [0.05, 0.1) is 6.04 Å². The highest BCUT2D eigenvalue weighted by atomic mass is 16.5. The van der Waals surface area contributed by atoms with Crippen molar-refractivity contribution < 1.29 is 9.53 Å². The van der Waals surface area contributed by atoms with Gasteiger partial charge in [-0.25, -0.2) is 0 Å². The van der Waals surface area contributed by atoms with Crippen LogP contribution in [0.1, 0.15) is 12.5 Å². The molecule has 0 saturated carbocycles. The number of nitrogens with one attached hydrogen (secondary N) is 1. The van der Waals surface area contributed by atoms with Crippen LogP contribution in [0.5, 0.6) is 5.75 Å². The fourth-order valence-corrected chi connectivity index (χ4v) is 2.56. The molecule has 0 unspecified atom stereocenters. The highest BCUT2D eigenvalue weighted by Gasteiger charge is 2.27. The molecule has 0 radical (unpaired) electrons. The van der Waals surface area contributed by atoms with Crippen LogP contribution in [-0.4, -0.2) is 25.0 Å². The second-order valence-corrected chi connectivity index (χ2v) is 5.57. The van der Waals surface area contributed by atoms with Gasteiger partial charge in [-0.15, -0.1) is 0 Å². The molecule has 1 N–H and O–H groups in total. The van der Waals surface area contributed by atoms with Gasteiger partial charge in [-0.1, -0.05) is 30.3 Å². The molecule has 22 heavy (non-hydrogen) atoms. The third-order valence-corrected chi connectivity index (χ3v) is 3.74. The zero-order valence-electron chi connectivity index (χ0n) is 12.7. The number of hydrogen-bond acceptors (Lipinski definition) is 3. The van der Waals surface area contributed by atoms with E-state index in [1.807, 2.05) is 30.3 Å². The minimum atomic E-state index is 0.0364. The molecule has 1 amide bonds. The third-order valence-electron chi connectivity index (χ3n) is 3.74. The second kappa shape index (κ2) is 6.52. The van der Waals surface area contributed by atoms with Crippen LogP contribution >= 0.6 is 0 Å². The third kappa shape index (κ3) is 3.58. The van der Waals surface area contributed by atoms with Gasteiger partial charge in [-0.3, -0.25) is 4.79 Å². The number of anilines is 1. The van der Waals surface area contributed by atoms with Crippen molar-refractivity contribution in [3.8, 4) is 5.75 Å². The number of carbonyl (C=O) groups excluding carboxylic acids is 1. The van der Waals surface area contributed by atoms with E-state index >= 15 is 0 Å². The summed E-state index contributed by atoms with van der Waals surface area (Å²) < 4.78 is 5.78. The van der Waals surface area contributed by atoms with Gasteiger partial charge in [0.1, 0.15) is 12.4 Å². The fraction of sp³-hybridized carbons (Fsp3) is 0.278. The minimum absolute atomic E-state index is 0.0364. The summed E-state index contributed by atoms with van der Waals surface area (Å²) in [7, 11) is 0. The molecule has 1 saturated heterocycles. The zero-order chi connectivity index (χ0) is 15.4. The summed E-state index contributed by atoms with van der Waals surface area (Å²) in [5, 5.41) is 2.92. The number of rotatable bonds is 5. The molecule has 0 aromatic heterocycles. The Hall–Kier alpha value is -2.49. The Morgan fingerprint density at radius 2 is 1.82 bits per heavy atom. The van der Waals surface area contributed by atoms with Crippen LogP contribution in [0.25, 0.3) is 0 Å². The summed E-state index contributed by atoms with van der Waals surface area (Å²) in [5.41, 5.74) is 2.32. The Bertz CT molecular complexity index is 619. The highest BCUT2D eigenvalue weighted by Crippen LogP contribution is 2.24. The summed E-state index contributed by atoms with van der Waals surface area (Å²) in [5.74, 6) is 0.904. The van der Waals surface area contributed by atoms with Gasteiger partial charge < -0.3 is 15.0 Å². The summed E-state index contributed by atoms with van der Waals surface area (Å²) in [6.45, 7) is 3.86. The van der Waals surface area contributed by atoms with Crippen LogP contribution in [0, 0.1) is 0 Å². The molecule has 4 nitrogen and oxygen atoms in total. The van der Waals surface area contributed by atoms with Gasteiger partial charge in [0, 0.05) is 25.7 Å². The van der Waals surface area contributed by atoms with Crippen molar-refractivity contribution in [2.45, 2.75) is 19.6 Å². The van der Waals surface area contributed by atoms with Crippen molar-refractivity contribution in [1.29, 1.82) is 0 Å². The van der Waals surface area contributed by atoms with Crippen molar-refractivity contribution in [3.05, 3.63) is 60.2 Å². The van der Waals surface area contributed by atoms with E-state index in [1.54, 1.807) is 6.92 Å². The van der Waals surface area contributed by atoms with E-state index in [9.17, 15) is 4.79 Å². The average Bonchev–Trinajstić information content (AvgIpc) is 2.50. The van der Waals surface area contributed by atoms with E-state index in [1.165, 1.54) is 0 Å². The first-order valence-electron chi connectivity index (χ1n) is 7.49. The largest absolute Gasteiger partial charge is 0.489 e. The molecular weight excluding hydrogens is 276 g/mol. The fourth-order valence-electron chi connectivity index (χ4n) is 2.56. The molecule has 4 heteroatoms. The lowest BCUT2D eigenvalue weighted by molar-refractivity contribution is -0.119. The Labute approximate surface area is 130 Å². The maximum Gasteiger partial charge on any atom is 0.217 e. The van der Waals surface area contributed by atoms with Gasteiger partial charge in [-0.2, -0.15) is 0 Å². The summed E-state index contributed by atoms with van der Waals surface area (Å²) >= 11 is 0. The molecule has 2 aromatic rings. The minimum Gasteiger partial charge on any atom is -0.489 e. The molecule has 0 spiro atoms. The zero-order valence-corrected chi connectivity index (χ0v) is 12.7. The van der Waals surface area contributed by atoms with Gasteiger partial charge >= 0.3 is 0 Å². The van der Waals surface area contributed by atoms with Crippen molar-refractivity contribution >= 4 is 11.6 Å². The molecule has 1 aliphatic heterocycles. The quantitative estimate of drug-likeness (QED) is 0.922. The lowest BCUT2D eigenvalue weighted by Gasteiger charge is -2.41. The first-order valence-corrected chi connectivity index (χ1v) is 7.49. The van der Waals surface area contributed by atoms with Gasteiger partial charge in [0.15, 0.2) is 0 Å². The Morgan fingerprint density at radius 3 is 2.45 bits per heavy atom. The maximum absolute atomic E-state index is 11.0. The van der Waals surface area contributed by atoms with E-state index in [2.05, 4.69) is 34.5 Å². The Balaban J connectivity index is 1.50. The predicted molar refractivity (Wildman–Crippen MR) is 87.0 cm³/mol. The van der Waals surface area contributed by atoms with Crippen LogP contribution < -0.4 is 15.0 Å². The van der Waals surface area contributed by atoms with Crippen molar-refractivity contribution in [1.82, 2.24) is 5.32 Å². The van der Waals surface area contributed by atoms with Gasteiger partial charge in [-0.05, 0) is 29.8 Å². The molecular formula is C18H20N2O2. The van der Waals surface area contributed by atoms with E-state index in [-0.39, 0.29) is 11.9 Å². The SMILES string of the molecule is CC(=O)NC1CN(c2ccc(OCc3ccccc3)cc2)C1. The van der Waals surface area contributed by atoms with E-state index in [0.29, 0.717) is 6.61 Å². The van der Waals surface area contributed by atoms with Crippen LogP contribution in [0.2, 0.25) is 0 Å². The van der Waals surface area contributed by atoms with Gasteiger partial charge in [0.25, 0.3) is 0 Å². The second-order valence-electron chi connectivity index (χ2n) is 5.57. The smallest absolute Gasteiger partial charge is 0.217 e. The molecule has 1 aliphatic rings. The summed E-state index contributed by atoms with van der Waals surface area (Å²) in [4.78, 5) is 13.2. The molecule has 1 fully saturated rings. The molecule has 0 atom stereocenters. The Kier molecular flexibility index (Phi) is 4.28. The van der Waals surface area contributed by atoms with Crippen molar-refractivity contribution in [2.75, 3.05) is 18.0 Å². The van der Waals surface area contributed by atoms with E-state index in [4.69, 9.17) is 4.74 Å². The van der Waals surface area contributed by atoms with Crippen LogP contribution in [0.3, 0.4) is 0 Å². The number of amides is 1. The van der Waals surface area contributed by atoms with Crippen molar-refractivity contribution in [3.63, 3.8) is 0 Å². The number of ether oxygens (including phenoxy) is 1. The molecule has 0 aliphatic carbocycles. The molecule has 2 aromatic carbocycles. The molecule has 114 valence electrons. The average molecular weight is 296 g/mol. The lowest BCUT2D eigenvalue weighted by Crippen LogP contribution is -2.59. The first-order chi connectivity index (χ1) is 10.7. The number of hydrogen-bond donors (Lipinski definition) is 1. The number of nitrogens with zero attached hydrogens (tertiary/aromatic N) is 1. The van der Waals surface area contributed by atoms with Crippen LogP contribution in [0.15, 0.2) is 54.6 Å². The molecule has 3 rings (SSSR count). The van der Waals surface area contributed by atoms with Crippen LogP contribution in [-0.2, 0) is 11.4 Å². The Morgan fingerprint density at radius 1 is 1.14 bits per heavy atom. The predicted octanol–water partition coefficient (Wildman–Crippen LogP) is 2.59. The van der Waals surface area contributed by atoms with E-state index in [0.717, 1.165) is 30.1 Å². The normalized spacial score (nSPS) is 14.3. The topological polar surface area (TPSA) is 41.6 Å². The first kappa shape index (κ1) is 14.4. The van der Waals surface area contributed by atoms with Gasteiger partial charge in [0.2, 0.25) is 5.91 Å². The van der Waals surface area contributed by atoms with Crippen LogP contribution in [0.4, 0.5) is 5.69 Å². The lowest BCUT2D eigenvalue weighted by atomic mass is 10.1. The number of carbonyl (C=O) groups is 1. The monoisotopic (exact) mass is 296 g/mol. The molecule has 1 heterocycles. The maximum atomic E-state index is 11.0. The van der Waals surface area contributed by atoms with E-state index < -0.39 is 0 Å². The standard InChI is InChI=1S/C18H20N2O2/c1-14(21)19-16-11-20(12-16)17-7-9-18(10-8-17)22-13-15-5-3-2-4-6-15/h2-10,16H,11-13H2,1H3,(H,19,21). The summed E-state index contributed by atoms with van der Waals surface area (Å²) in [6, 6.07) is 18.5. The highest BCUT2D eigenvalue weighted by molar-refractivity contribution is 5.73. The molecule has 0 bridgehead atoms. The van der Waals surface area contributed by atoms with Crippen molar-refractivity contribution in [2.24, 2.45) is 0 Å². The number of benzene rings is 2. The summed E-state index contributed by atoms with van der Waals surface area (Å²) in [6.07, 6.45) is 0.